The minimum Gasteiger partial charge on any atom is -0.462 e. The SMILES string of the molecule is CCOC(=O)c1c(NC(=O)C(CC)NS(=O)(=O)c2ccc(F)cc2)sc(C)c1C. The average molecular weight is 443 g/mol. The normalized spacial score (nSPS) is 12.4. The molecule has 2 rings (SSSR count). The maximum atomic E-state index is 13.1. The van der Waals surface area contributed by atoms with Crippen LogP contribution >= 0.6 is 11.3 Å². The number of benzene rings is 1. The highest BCUT2D eigenvalue weighted by Gasteiger charge is 2.27. The summed E-state index contributed by atoms with van der Waals surface area (Å²) >= 11 is 1.22. The van der Waals surface area contributed by atoms with Crippen LogP contribution in [0, 0.1) is 19.7 Å². The minimum absolute atomic E-state index is 0.153. The molecule has 1 aromatic carbocycles. The molecule has 0 aliphatic heterocycles. The molecule has 0 aliphatic carbocycles. The molecule has 1 amide bonds. The van der Waals surface area contributed by atoms with E-state index in [-0.39, 0.29) is 23.5 Å². The highest BCUT2D eigenvalue weighted by molar-refractivity contribution is 7.89. The summed E-state index contributed by atoms with van der Waals surface area (Å²) in [5.41, 5.74) is 0.961. The topological polar surface area (TPSA) is 102 Å². The number of sulfonamides is 1. The number of ether oxygens (including phenoxy) is 1. The molecule has 0 bridgehead atoms. The van der Waals surface area contributed by atoms with E-state index in [0.717, 1.165) is 29.1 Å². The molecule has 29 heavy (non-hydrogen) atoms. The Bertz CT molecular complexity index is 1000. The molecule has 1 atom stereocenters. The largest absolute Gasteiger partial charge is 0.462 e. The zero-order chi connectivity index (χ0) is 21.8. The molecule has 158 valence electrons. The van der Waals surface area contributed by atoms with Crippen molar-refractivity contribution < 1.29 is 27.1 Å². The summed E-state index contributed by atoms with van der Waals surface area (Å²) in [6.45, 7) is 7.08. The Morgan fingerprint density at radius 1 is 1.17 bits per heavy atom. The van der Waals surface area contributed by atoms with Crippen molar-refractivity contribution in [3.63, 3.8) is 0 Å². The van der Waals surface area contributed by atoms with E-state index < -0.39 is 33.8 Å². The van der Waals surface area contributed by atoms with E-state index in [0.29, 0.717) is 10.6 Å². The van der Waals surface area contributed by atoms with E-state index >= 15 is 0 Å². The molecule has 10 heteroatoms. The Labute approximate surface area is 173 Å². The first-order chi connectivity index (χ1) is 13.6. The lowest BCUT2D eigenvalue weighted by Crippen LogP contribution is -2.43. The van der Waals surface area contributed by atoms with Crippen LogP contribution in [0.15, 0.2) is 29.2 Å². The molecular weight excluding hydrogens is 419 g/mol. The first-order valence-electron chi connectivity index (χ1n) is 8.96. The summed E-state index contributed by atoms with van der Waals surface area (Å²) in [6.07, 6.45) is 0.171. The third-order valence-corrected chi connectivity index (χ3v) is 6.86. The molecule has 0 radical (unpaired) electrons. The van der Waals surface area contributed by atoms with Gasteiger partial charge in [0.15, 0.2) is 0 Å². The number of amides is 1. The Kier molecular flexibility index (Phi) is 7.50. The van der Waals surface area contributed by atoms with Crippen molar-refractivity contribution in [3.8, 4) is 0 Å². The number of hydrogen-bond acceptors (Lipinski definition) is 6. The fraction of sp³-hybridized carbons (Fsp3) is 0.368. The van der Waals surface area contributed by atoms with Crippen molar-refractivity contribution in [2.75, 3.05) is 11.9 Å². The van der Waals surface area contributed by atoms with Crippen LogP contribution in [0.2, 0.25) is 0 Å². The van der Waals surface area contributed by atoms with Crippen molar-refractivity contribution in [3.05, 3.63) is 46.1 Å². The highest BCUT2D eigenvalue weighted by Crippen LogP contribution is 2.33. The molecule has 0 saturated heterocycles. The number of carbonyl (C=O) groups excluding carboxylic acids is 2. The number of anilines is 1. The van der Waals surface area contributed by atoms with Gasteiger partial charge in [-0.05, 0) is 57.0 Å². The quantitative estimate of drug-likeness (QED) is 0.611. The van der Waals surface area contributed by atoms with E-state index in [1.165, 1.54) is 11.3 Å². The van der Waals surface area contributed by atoms with E-state index in [2.05, 4.69) is 10.0 Å². The Balaban J connectivity index is 2.24. The van der Waals surface area contributed by atoms with E-state index in [1.807, 2.05) is 6.92 Å². The van der Waals surface area contributed by atoms with Crippen LogP contribution < -0.4 is 10.0 Å². The van der Waals surface area contributed by atoms with Crippen molar-refractivity contribution in [1.82, 2.24) is 4.72 Å². The van der Waals surface area contributed by atoms with Gasteiger partial charge in [-0.2, -0.15) is 4.72 Å². The number of rotatable bonds is 8. The van der Waals surface area contributed by atoms with Crippen LogP contribution in [0.3, 0.4) is 0 Å². The monoisotopic (exact) mass is 442 g/mol. The molecule has 1 aromatic heterocycles. The lowest BCUT2D eigenvalue weighted by molar-refractivity contribution is -0.117. The van der Waals surface area contributed by atoms with Gasteiger partial charge in [-0.1, -0.05) is 6.92 Å². The zero-order valence-electron chi connectivity index (χ0n) is 16.5. The van der Waals surface area contributed by atoms with Gasteiger partial charge in [0.05, 0.1) is 17.1 Å². The number of hydrogen-bond donors (Lipinski definition) is 2. The molecule has 0 aliphatic rings. The van der Waals surface area contributed by atoms with Gasteiger partial charge in [-0.15, -0.1) is 11.3 Å². The summed E-state index contributed by atoms with van der Waals surface area (Å²) in [5.74, 6) is -1.72. The standard InChI is InChI=1S/C19H23FN2O5S2/c1-5-15(22-29(25,26)14-9-7-13(20)8-10-14)17(23)21-18-16(19(24)27-6-2)11(3)12(4)28-18/h7-10,15,22H,5-6H2,1-4H3,(H,21,23). The first-order valence-corrected chi connectivity index (χ1v) is 11.3. The fourth-order valence-electron chi connectivity index (χ4n) is 2.55. The summed E-state index contributed by atoms with van der Waals surface area (Å²) in [5, 5.41) is 2.95. The van der Waals surface area contributed by atoms with Crippen LogP contribution in [0.25, 0.3) is 0 Å². The van der Waals surface area contributed by atoms with E-state index in [9.17, 15) is 22.4 Å². The predicted molar refractivity (Wildman–Crippen MR) is 109 cm³/mol. The third-order valence-electron chi connectivity index (χ3n) is 4.25. The summed E-state index contributed by atoms with van der Waals surface area (Å²) < 4.78 is 45.4. The lowest BCUT2D eigenvalue weighted by Gasteiger charge is -2.17. The number of thiophene rings is 1. The minimum atomic E-state index is -4.03. The summed E-state index contributed by atoms with van der Waals surface area (Å²) in [7, 11) is -4.03. The number of halogens is 1. The van der Waals surface area contributed by atoms with Gasteiger partial charge in [0.2, 0.25) is 15.9 Å². The van der Waals surface area contributed by atoms with Gasteiger partial charge in [-0.25, -0.2) is 17.6 Å². The molecule has 0 saturated carbocycles. The van der Waals surface area contributed by atoms with Gasteiger partial charge >= 0.3 is 5.97 Å². The van der Waals surface area contributed by atoms with Crippen molar-refractivity contribution in [2.45, 2.75) is 45.1 Å². The second-order valence-corrected chi connectivity index (χ2v) is 9.17. The first kappa shape index (κ1) is 23.0. The van der Waals surface area contributed by atoms with Gasteiger partial charge in [0.1, 0.15) is 16.9 Å². The molecule has 1 unspecified atom stereocenters. The summed E-state index contributed by atoms with van der Waals surface area (Å²) in [6, 6.07) is 3.21. The second-order valence-electron chi connectivity index (χ2n) is 6.23. The Morgan fingerprint density at radius 2 is 1.79 bits per heavy atom. The number of carbonyl (C=O) groups is 2. The third kappa shape index (κ3) is 5.40. The molecule has 0 spiro atoms. The number of esters is 1. The second kappa shape index (κ2) is 9.47. The molecule has 2 aromatic rings. The molecular formula is C19H23FN2O5S2. The zero-order valence-corrected chi connectivity index (χ0v) is 18.2. The molecule has 2 N–H and O–H groups in total. The molecule has 0 fully saturated rings. The Morgan fingerprint density at radius 3 is 2.34 bits per heavy atom. The van der Waals surface area contributed by atoms with Gasteiger partial charge in [0.25, 0.3) is 0 Å². The lowest BCUT2D eigenvalue weighted by atomic mass is 10.1. The van der Waals surface area contributed by atoms with Gasteiger partial charge in [-0.3, -0.25) is 4.79 Å². The van der Waals surface area contributed by atoms with Crippen molar-refractivity contribution in [1.29, 1.82) is 0 Å². The maximum Gasteiger partial charge on any atom is 0.341 e. The molecule has 7 nitrogen and oxygen atoms in total. The van der Waals surface area contributed by atoms with E-state index in [1.54, 1.807) is 20.8 Å². The van der Waals surface area contributed by atoms with Gasteiger partial charge < -0.3 is 10.1 Å². The molecule has 1 heterocycles. The van der Waals surface area contributed by atoms with Crippen molar-refractivity contribution in [2.24, 2.45) is 0 Å². The predicted octanol–water partition coefficient (Wildman–Crippen LogP) is 3.38. The Hall–Kier alpha value is -2.30. The number of nitrogens with one attached hydrogen (secondary N) is 2. The van der Waals surface area contributed by atoms with Crippen LogP contribution in [0.1, 0.15) is 41.1 Å². The van der Waals surface area contributed by atoms with E-state index in [4.69, 9.17) is 4.74 Å². The van der Waals surface area contributed by atoms with Crippen molar-refractivity contribution >= 4 is 38.2 Å². The fourth-order valence-corrected chi connectivity index (χ4v) is 4.88. The van der Waals surface area contributed by atoms with Crippen LogP contribution in [-0.2, 0) is 19.6 Å². The van der Waals surface area contributed by atoms with Crippen LogP contribution in [0.4, 0.5) is 9.39 Å². The van der Waals surface area contributed by atoms with Crippen LogP contribution in [0.5, 0.6) is 0 Å². The maximum absolute atomic E-state index is 13.1. The smallest absolute Gasteiger partial charge is 0.341 e. The van der Waals surface area contributed by atoms with Crippen LogP contribution in [-0.4, -0.2) is 32.9 Å². The summed E-state index contributed by atoms with van der Waals surface area (Å²) in [4.78, 5) is 25.7. The number of aryl methyl sites for hydroxylation is 1. The highest BCUT2D eigenvalue weighted by atomic mass is 32.2. The average Bonchev–Trinajstić information content (AvgIpc) is 2.93. The van der Waals surface area contributed by atoms with Gasteiger partial charge in [0, 0.05) is 4.88 Å².